The molecule has 0 bridgehead atoms. The zero-order chi connectivity index (χ0) is 11.1. The molecule has 84 valence electrons. The van der Waals surface area contributed by atoms with E-state index in [1.54, 1.807) is 4.52 Å². The van der Waals surface area contributed by atoms with Crippen molar-refractivity contribution in [2.75, 3.05) is 5.32 Å². The largest absolute Gasteiger partial charge is 0.393 e. The average Bonchev–Trinajstić information content (AvgIpc) is 2.60. The van der Waals surface area contributed by atoms with Crippen LogP contribution < -0.4 is 5.32 Å². The SMILES string of the molecule is Cc1cccn2nc(NC3CC(O)C3)nc12. The molecule has 2 N–H and O–H groups in total. The third kappa shape index (κ3) is 1.53. The van der Waals surface area contributed by atoms with Gasteiger partial charge in [-0.3, -0.25) is 0 Å². The van der Waals surface area contributed by atoms with Gasteiger partial charge in [-0.1, -0.05) is 6.07 Å². The van der Waals surface area contributed by atoms with E-state index in [1.807, 2.05) is 25.3 Å². The summed E-state index contributed by atoms with van der Waals surface area (Å²) in [4.78, 5) is 4.42. The van der Waals surface area contributed by atoms with Crippen molar-refractivity contribution in [3.63, 3.8) is 0 Å². The van der Waals surface area contributed by atoms with Crippen LogP contribution in [0.15, 0.2) is 18.3 Å². The number of nitrogens with zero attached hydrogens (tertiary/aromatic N) is 3. The minimum Gasteiger partial charge on any atom is -0.393 e. The van der Waals surface area contributed by atoms with Crippen molar-refractivity contribution in [1.82, 2.24) is 14.6 Å². The van der Waals surface area contributed by atoms with Gasteiger partial charge in [0, 0.05) is 12.2 Å². The maximum absolute atomic E-state index is 9.19. The van der Waals surface area contributed by atoms with Crippen LogP contribution in [0.3, 0.4) is 0 Å². The molecule has 0 unspecified atom stereocenters. The number of pyridine rings is 1. The molecule has 5 heteroatoms. The Bertz CT molecular complexity index is 516. The van der Waals surface area contributed by atoms with Gasteiger partial charge in [-0.15, -0.1) is 5.10 Å². The third-order valence-corrected chi connectivity index (χ3v) is 3.00. The maximum Gasteiger partial charge on any atom is 0.243 e. The number of aliphatic hydroxyl groups excluding tert-OH is 1. The lowest BCUT2D eigenvalue weighted by atomic mass is 9.90. The number of aryl methyl sites for hydroxylation is 1. The van der Waals surface area contributed by atoms with Gasteiger partial charge in [-0.2, -0.15) is 4.98 Å². The van der Waals surface area contributed by atoms with Crippen LogP contribution in [0.2, 0.25) is 0 Å². The zero-order valence-electron chi connectivity index (χ0n) is 9.09. The van der Waals surface area contributed by atoms with E-state index < -0.39 is 0 Å². The predicted molar refractivity (Wildman–Crippen MR) is 60.4 cm³/mol. The lowest BCUT2D eigenvalue weighted by Gasteiger charge is -2.31. The molecular weight excluding hydrogens is 204 g/mol. The van der Waals surface area contributed by atoms with Crippen molar-refractivity contribution in [2.45, 2.75) is 31.9 Å². The first-order chi connectivity index (χ1) is 7.72. The van der Waals surface area contributed by atoms with Crippen LogP contribution in [0, 0.1) is 6.92 Å². The Morgan fingerprint density at radius 3 is 3.00 bits per heavy atom. The summed E-state index contributed by atoms with van der Waals surface area (Å²) in [5, 5.41) is 16.7. The van der Waals surface area contributed by atoms with E-state index in [2.05, 4.69) is 15.4 Å². The molecule has 0 atom stereocenters. The average molecular weight is 218 g/mol. The molecule has 5 nitrogen and oxygen atoms in total. The Hall–Kier alpha value is -1.62. The Kier molecular flexibility index (Phi) is 2.07. The first kappa shape index (κ1) is 9.59. The van der Waals surface area contributed by atoms with Gasteiger partial charge in [-0.25, -0.2) is 4.52 Å². The van der Waals surface area contributed by atoms with E-state index in [0.29, 0.717) is 12.0 Å². The molecule has 2 aromatic rings. The number of fused-ring (bicyclic) bond motifs is 1. The molecule has 1 saturated carbocycles. The predicted octanol–water partition coefficient (Wildman–Crippen LogP) is 0.973. The molecule has 2 heterocycles. The number of hydrogen-bond acceptors (Lipinski definition) is 4. The highest BCUT2D eigenvalue weighted by Crippen LogP contribution is 2.23. The van der Waals surface area contributed by atoms with E-state index in [0.717, 1.165) is 24.1 Å². The molecule has 0 saturated heterocycles. The smallest absolute Gasteiger partial charge is 0.243 e. The molecule has 0 radical (unpaired) electrons. The van der Waals surface area contributed by atoms with Crippen LogP contribution >= 0.6 is 0 Å². The molecule has 0 spiro atoms. The van der Waals surface area contributed by atoms with Gasteiger partial charge in [0.05, 0.1) is 6.10 Å². The number of anilines is 1. The highest BCUT2D eigenvalue weighted by atomic mass is 16.3. The Balaban J connectivity index is 1.85. The first-order valence-corrected chi connectivity index (χ1v) is 5.49. The topological polar surface area (TPSA) is 62.5 Å². The van der Waals surface area contributed by atoms with Gasteiger partial charge in [0.15, 0.2) is 5.65 Å². The van der Waals surface area contributed by atoms with Crippen molar-refractivity contribution < 1.29 is 5.11 Å². The summed E-state index contributed by atoms with van der Waals surface area (Å²) in [5.74, 6) is 0.645. The Morgan fingerprint density at radius 2 is 2.31 bits per heavy atom. The molecule has 3 rings (SSSR count). The standard InChI is InChI=1S/C11H14N4O/c1-7-3-2-4-15-10(7)13-11(14-15)12-8-5-9(16)6-8/h2-4,8-9,16H,5-6H2,1H3,(H,12,14). The van der Waals surface area contributed by atoms with E-state index in [9.17, 15) is 5.11 Å². The summed E-state index contributed by atoms with van der Waals surface area (Å²) >= 11 is 0. The number of rotatable bonds is 2. The van der Waals surface area contributed by atoms with E-state index >= 15 is 0 Å². The van der Waals surface area contributed by atoms with Crippen LogP contribution in [0.25, 0.3) is 5.65 Å². The molecule has 1 aliphatic carbocycles. The highest BCUT2D eigenvalue weighted by molar-refractivity contribution is 5.50. The fourth-order valence-corrected chi connectivity index (χ4v) is 1.99. The van der Waals surface area contributed by atoms with E-state index in [-0.39, 0.29) is 6.10 Å². The van der Waals surface area contributed by atoms with Crippen molar-refractivity contribution >= 4 is 11.6 Å². The highest BCUT2D eigenvalue weighted by Gasteiger charge is 2.27. The van der Waals surface area contributed by atoms with E-state index in [1.165, 1.54) is 0 Å². The molecule has 0 aromatic carbocycles. The van der Waals surface area contributed by atoms with Gasteiger partial charge in [0.25, 0.3) is 0 Å². The molecular formula is C11H14N4O. The number of aromatic nitrogens is 3. The van der Waals surface area contributed by atoms with Crippen LogP contribution in [-0.4, -0.2) is 31.9 Å². The lowest BCUT2D eigenvalue weighted by molar-refractivity contribution is 0.0834. The van der Waals surface area contributed by atoms with Gasteiger partial charge in [0.2, 0.25) is 5.95 Å². The van der Waals surface area contributed by atoms with Crippen molar-refractivity contribution in [3.05, 3.63) is 23.9 Å². The molecule has 2 aromatic heterocycles. The van der Waals surface area contributed by atoms with Crippen LogP contribution in [0.1, 0.15) is 18.4 Å². The minimum atomic E-state index is -0.156. The van der Waals surface area contributed by atoms with Gasteiger partial charge in [0.1, 0.15) is 0 Å². The summed E-state index contributed by atoms with van der Waals surface area (Å²) in [6, 6.07) is 4.28. The second kappa shape index (κ2) is 3.45. The lowest BCUT2D eigenvalue weighted by Crippen LogP contribution is -2.39. The zero-order valence-corrected chi connectivity index (χ0v) is 9.09. The van der Waals surface area contributed by atoms with E-state index in [4.69, 9.17) is 0 Å². The fourth-order valence-electron chi connectivity index (χ4n) is 1.99. The fraction of sp³-hybridized carbons (Fsp3) is 0.455. The summed E-state index contributed by atoms with van der Waals surface area (Å²) in [5.41, 5.74) is 1.99. The minimum absolute atomic E-state index is 0.156. The van der Waals surface area contributed by atoms with Crippen LogP contribution in [0.5, 0.6) is 0 Å². The molecule has 1 aliphatic rings. The number of nitrogens with one attached hydrogen (secondary N) is 1. The molecule has 1 fully saturated rings. The summed E-state index contributed by atoms with van der Waals surface area (Å²) in [7, 11) is 0. The number of hydrogen-bond donors (Lipinski definition) is 2. The summed E-state index contributed by atoms with van der Waals surface area (Å²) in [6.07, 6.45) is 3.30. The van der Waals surface area contributed by atoms with Crippen LogP contribution in [-0.2, 0) is 0 Å². The quantitative estimate of drug-likeness (QED) is 0.788. The third-order valence-electron chi connectivity index (χ3n) is 3.00. The van der Waals surface area contributed by atoms with Gasteiger partial charge in [-0.05, 0) is 31.4 Å². The molecule has 0 amide bonds. The summed E-state index contributed by atoms with van der Waals surface area (Å²) < 4.78 is 1.77. The van der Waals surface area contributed by atoms with Gasteiger partial charge < -0.3 is 10.4 Å². The van der Waals surface area contributed by atoms with Crippen molar-refractivity contribution in [2.24, 2.45) is 0 Å². The molecule has 16 heavy (non-hydrogen) atoms. The second-order valence-corrected chi connectivity index (χ2v) is 4.36. The van der Waals surface area contributed by atoms with Crippen LogP contribution in [0.4, 0.5) is 5.95 Å². The maximum atomic E-state index is 9.19. The Morgan fingerprint density at radius 1 is 1.50 bits per heavy atom. The number of aliphatic hydroxyl groups is 1. The normalized spacial score (nSPS) is 24.4. The Labute approximate surface area is 93.1 Å². The van der Waals surface area contributed by atoms with Crippen molar-refractivity contribution in [1.29, 1.82) is 0 Å². The van der Waals surface area contributed by atoms with Gasteiger partial charge >= 0.3 is 0 Å². The monoisotopic (exact) mass is 218 g/mol. The second-order valence-electron chi connectivity index (χ2n) is 4.36. The molecule has 0 aliphatic heterocycles. The van der Waals surface area contributed by atoms with Crippen molar-refractivity contribution in [3.8, 4) is 0 Å². The summed E-state index contributed by atoms with van der Waals surface area (Å²) in [6.45, 7) is 2.01. The first-order valence-electron chi connectivity index (χ1n) is 5.49.